The van der Waals surface area contributed by atoms with Gasteiger partial charge in [0.05, 0.1) is 10.3 Å². The van der Waals surface area contributed by atoms with Crippen LogP contribution in [0, 0.1) is 0 Å². The van der Waals surface area contributed by atoms with E-state index in [0.717, 1.165) is 0 Å². The molecule has 0 amide bonds. The minimum Gasteiger partial charge on any atom is -0.231 e. The molecule has 0 bridgehead atoms. The fraction of sp³-hybridized carbons (Fsp3) is 1.00. The lowest BCUT2D eigenvalue weighted by Gasteiger charge is -2.05. The zero-order valence-corrected chi connectivity index (χ0v) is 6.04. The van der Waals surface area contributed by atoms with Gasteiger partial charge in [0.1, 0.15) is 6.10 Å². The monoisotopic (exact) mass is 153 g/mol. The van der Waals surface area contributed by atoms with Crippen molar-refractivity contribution in [1.82, 2.24) is 0 Å². The van der Waals surface area contributed by atoms with Crippen molar-refractivity contribution < 1.29 is 5.11 Å². The number of hydrogen-bond acceptors (Lipinski definition) is 0. The summed E-state index contributed by atoms with van der Waals surface area (Å²) in [4.78, 5) is -0.610. The lowest BCUT2D eigenvalue weighted by atomic mass is 10.3. The van der Waals surface area contributed by atoms with Crippen LogP contribution in [0.5, 0.6) is 0 Å². The maximum Gasteiger partial charge on any atom is 0.111 e. The quantitative estimate of drug-likeness (QED) is 0.513. The minimum atomic E-state index is -0.730. The molecule has 1 saturated carbocycles. The molecule has 1 aliphatic carbocycles. The summed E-state index contributed by atoms with van der Waals surface area (Å²) in [5.41, 5.74) is 0. The SMILES string of the molecule is CC([O])C1(Cl)CC1Cl. The first-order valence-corrected chi connectivity index (χ1v) is 3.37. The van der Waals surface area contributed by atoms with E-state index in [4.69, 9.17) is 23.2 Å². The topological polar surface area (TPSA) is 19.9 Å². The number of alkyl halides is 2. The van der Waals surface area contributed by atoms with E-state index in [-0.39, 0.29) is 5.38 Å². The van der Waals surface area contributed by atoms with Crippen LogP contribution in [-0.4, -0.2) is 16.4 Å². The van der Waals surface area contributed by atoms with Gasteiger partial charge in [-0.1, -0.05) is 0 Å². The molecule has 1 radical (unpaired) electrons. The van der Waals surface area contributed by atoms with Gasteiger partial charge in [-0.3, -0.25) is 0 Å². The van der Waals surface area contributed by atoms with E-state index in [1.165, 1.54) is 0 Å². The Morgan fingerprint density at radius 1 is 1.88 bits per heavy atom. The first kappa shape index (κ1) is 6.66. The summed E-state index contributed by atoms with van der Waals surface area (Å²) >= 11 is 11.2. The second-order valence-electron chi connectivity index (χ2n) is 2.24. The van der Waals surface area contributed by atoms with Crippen LogP contribution in [0.15, 0.2) is 0 Å². The summed E-state index contributed by atoms with van der Waals surface area (Å²) in [5.74, 6) is 0. The Kier molecular flexibility index (Phi) is 1.46. The summed E-state index contributed by atoms with van der Waals surface area (Å²) < 4.78 is 0. The third kappa shape index (κ3) is 0.831. The highest BCUT2D eigenvalue weighted by atomic mass is 35.5. The maximum absolute atomic E-state index is 10.6. The second-order valence-corrected chi connectivity index (χ2v) is 3.47. The normalized spacial score (nSPS) is 48.8. The lowest BCUT2D eigenvalue weighted by Crippen LogP contribution is -2.19. The van der Waals surface area contributed by atoms with Gasteiger partial charge in [-0.05, 0) is 13.3 Å². The summed E-state index contributed by atoms with van der Waals surface area (Å²) in [5, 5.41) is 10.5. The lowest BCUT2D eigenvalue weighted by molar-refractivity contribution is 0.0952. The summed E-state index contributed by atoms with van der Waals surface area (Å²) in [7, 11) is 0. The van der Waals surface area contributed by atoms with Gasteiger partial charge in [-0.25, -0.2) is 5.11 Å². The third-order valence-corrected chi connectivity index (χ3v) is 2.91. The molecular formula is C5H7Cl2O. The van der Waals surface area contributed by atoms with Crippen LogP contribution in [0.2, 0.25) is 0 Å². The first-order chi connectivity index (χ1) is 3.57. The Hall–Kier alpha value is 0.540. The fourth-order valence-corrected chi connectivity index (χ4v) is 1.30. The van der Waals surface area contributed by atoms with Gasteiger partial charge in [0, 0.05) is 0 Å². The molecule has 47 valence electrons. The van der Waals surface area contributed by atoms with E-state index in [1.54, 1.807) is 6.92 Å². The van der Waals surface area contributed by atoms with Crippen LogP contribution in [0.1, 0.15) is 13.3 Å². The van der Waals surface area contributed by atoms with Crippen molar-refractivity contribution in [2.24, 2.45) is 0 Å². The maximum atomic E-state index is 10.6. The molecule has 1 fully saturated rings. The van der Waals surface area contributed by atoms with Gasteiger partial charge in [-0.2, -0.15) is 0 Å². The molecule has 1 aliphatic rings. The zero-order valence-electron chi connectivity index (χ0n) is 4.53. The Morgan fingerprint density at radius 3 is 2.25 bits per heavy atom. The van der Waals surface area contributed by atoms with Crippen LogP contribution in [0.25, 0.3) is 0 Å². The Balaban J connectivity index is 2.47. The fourth-order valence-electron chi connectivity index (χ4n) is 0.636. The van der Waals surface area contributed by atoms with Crippen LogP contribution in [0.4, 0.5) is 0 Å². The summed E-state index contributed by atoms with van der Waals surface area (Å²) in [6.07, 6.45) is -0.0625. The predicted molar refractivity (Wildman–Crippen MR) is 33.0 cm³/mol. The molecule has 8 heavy (non-hydrogen) atoms. The molecule has 0 aromatic heterocycles. The van der Waals surface area contributed by atoms with Crippen LogP contribution >= 0.6 is 23.2 Å². The van der Waals surface area contributed by atoms with Crippen molar-refractivity contribution in [1.29, 1.82) is 0 Å². The smallest absolute Gasteiger partial charge is 0.111 e. The molecule has 0 aromatic rings. The number of halogens is 2. The summed E-state index contributed by atoms with van der Waals surface area (Å²) in [6, 6.07) is 0. The predicted octanol–water partition coefficient (Wildman–Crippen LogP) is 1.79. The molecule has 0 heterocycles. The number of rotatable bonds is 1. The van der Waals surface area contributed by atoms with E-state index in [9.17, 15) is 5.11 Å². The molecule has 3 atom stereocenters. The van der Waals surface area contributed by atoms with Gasteiger partial charge in [-0.15, -0.1) is 23.2 Å². The Morgan fingerprint density at radius 2 is 2.25 bits per heavy atom. The largest absolute Gasteiger partial charge is 0.231 e. The van der Waals surface area contributed by atoms with Gasteiger partial charge >= 0.3 is 0 Å². The van der Waals surface area contributed by atoms with Crippen molar-refractivity contribution in [2.75, 3.05) is 0 Å². The van der Waals surface area contributed by atoms with Crippen molar-refractivity contribution in [3.63, 3.8) is 0 Å². The van der Waals surface area contributed by atoms with Crippen molar-refractivity contribution in [2.45, 2.75) is 29.7 Å². The average Bonchev–Trinajstić information content (AvgIpc) is 2.17. The van der Waals surface area contributed by atoms with Gasteiger partial charge in [0.15, 0.2) is 0 Å². The van der Waals surface area contributed by atoms with Gasteiger partial charge in [0.2, 0.25) is 0 Å². The number of hydrogen-bond donors (Lipinski definition) is 0. The van der Waals surface area contributed by atoms with Crippen LogP contribution < -0.4 is 0 Å². The molecule has 1 nitrogen and oxygen atoms in total. The average molecular weight is 154 g/mol. The molecule has 1 rings (SSSR count). The Labute approximate surface area is 58.6 Å². The molecule has 0 aromatic carbocycles. The minimum absolute atomic E-state index is 0.0864. The highest BCUT2D eigenvalue weighted by Gasteiger charge is 2.56. The molecule has 0 aliphatic heterocycles. The van der Waals surface area contributed by atoms with E-state index in [1.807, 2.05) is 0 Å². The molecule has 0 saturated heterocycles. The molecular weight excluding hydrogens is 147 g/mol. The van der Waals surface area contributed by atoms with Crippen molar-refractivity contribution >= 4 is 23.2 Å². The standard InChI is InChI=1S/C5H7Cl2O/c1-3(8)5(7)2-4(5)6/h3-4H,2H2,1H3. The molecule has 0 spiro atoms. The molecule has 3 heteroatoms. The first-order valence-electron chi connectivity index (χ1n) is 2.56. The highest BCUT2D eigenvalue weighted by molar-refractivity contribution is 6.37. The van der Waals surface area contributed by atoms with Crippen LogP contribution in [-0.2, 0) is 5.11 Å². The van der Waals surface area contributed by atoms with E-state index in [0.29, 0.717) is 6.42 Å². The Bertz CT molecular complexity index is 105. The second kappa shape index (κ2) is 1.76. The van der Waals surface area contributed by atoms with Crippen molar-refractivity contribution in [3.05, 3.63) is 0 Å². The molecule has 3 unspecified atom stereocenters. The van der Waals surface area contributed by atoms with E-state index >= 15 is 0 Å². The van der Waals surface area contributed by atoms with Gasteiger partial charge in [0.25, 0.3) is 0 Å². The molecule has 0 N–H and O–H groups in total. The summed E-state index contributed by atoms with van der Waals surface area (Å²) in [6.45, 7) is 1.55. The van der Waals surface area contributed by atoms with E-state index < -0.39 is 11.0 Å². The zero-order chi connectivity index (χ0) is 6.36. The van der Waals surface area contributed by atoms with Crippen molar-refractivity contribution in [3.8, 4) is 0 Å². The van der Waals surface area contributed by atoms with Crippen LogP contribution in [0.3, 0.4) is 0 Å². The highest BCUT2D eigenvalue weighted by Crippen LogP contribution is 2.49. The van der Waals surface area contributed by atoms with E-state index in [2.05, 4.69) is 0 Å². The van der Waals surface area contributed by atoms with Gasteiger partial charge < -0.3 is 0 Å². The third-order valence-electron chi connectivity index (χ3n) is 1.53.